The molecule has 0 aliphatic carbocycles. The third-order valence-corrected chi connectivity index (χ3v) is 1.00. The standard InChI is InChI=1S/C6H14O2.H3N/c1-5(7)3-4-6(2)8;/h5-8H,3-4H2,1-2H3;1H3. The normalized spacial score (nSPS) is 16.0. The average Bonchev–Trinajstić information content (AvgIpc) is 1.61. The summed E-state index contributed by atoms with van der Waals surface area (Å²) in [5.74, 6) is 0. The van der Waals surface area contributed by atoms with Gasteiger partial charge >= 0.3 is 0 Å². The van der Waals surface area contributed by atoms with E-state index in [1.807, 2.05) is 0 Å². The Bertz CT molecular complexity index is 47.0. The fourth-order valence-electron chi connectivity index (χ4n) is 0.482. The van der Waals surface area contributed by atoms with E-state index >= 15 is 0 Å². The van der Waals surface area contributed by atoms with Crippen LogP contribution in [0.3, 0.4) is 0 Å². The molecular formula is C6H17NO2. The third kappa shape index (κ3) is 11.4. The van der Waals surface area contributed by atoms with E-state index in [1.165, 1.54) is 0 Å². The zero-order valence-corrected chi connectivity index (χ0v) is 6.17. The number of rotatable bonds is 3. The van der Waals surface area contributed by atoms with Crippen molar-refractivity contribution in [2.45, 2.75) is 38.9 Å². The Morgan fingerprint density at radius 2 is 1.22 bits per heavy atom. The fraction of sp³-hybridized carbons (Fsp3) is 1.00. The summed E-state index contributed by atoms with van der Waals surface area (Å²) >= 11 is 0. The highest BCUT2D eigenvalue weighted by molar-refractivity contribution is 4.51. The van der Waals surface area contributed by atoms with Gasteiger partial charge in [-0.2, -0.15) is 0 Å². The van der Waals surface area contributed by atoms with E-state index in [0.29, 0.717) is 12.8 Å². The van der Waals surface area contributed by atoms with Crippen molar-refractivity contribution in [1.82, 2.24) is 6.15 Å². The molecule has 3 heteroatoms. The lowest BCUT2D eigenvalue weighted by atomic mass is 10.1. The van der Waals surface area contributed by atoms with Gasteiger partial charge in [0.1, 0.15) is 0 Å². The lowest BCUT2D eigenvalue weighted by Gasteiger charge is -2.04. The van der Waals surface area contributed by atoms with E-state index in [0.717, 1.165) is 0 Å². The Labute approximate surface area is 56.3 Å². The zero-order chi connectivity index (χ0) is 6.57. The minimum atomic E-state index is -0.274. The van der Waals surface area contributed by atoms with Crippen molar-refractivity contribution in [2.75, 3.05) is 0 Å². The lowest BCUT2D eigenvalue weighted by molar-refractivity contribution is 0.133. The SMILES string of the molecule is CC(O)CCC(C)O.N. The molecule has 0 fully saturated rings. The first-order chi connectivity index (χ1) is 3.63. The first-order valence-electron chi connectivity index (χ1n) is 2.99. The maximum atomic E-state index is 8.69. The Kier molecular flexibility index (Phi) is 7.77. The highest BCUT2D eigenvalue weighted by atomic mass is 16.3. The van der Waals surface area contributed by atoms with Gasteiger partial charge in [-0.3, -0.25) is 0 Å². The quantitative estimate of drug-likeness (QED) is 0.533. The van der Waals surface area contributed by atoms with Crippen molar-refractivity contribution in [3.05, 3.63) is 0 Å². The smallest absolute Gasteiger partial charge is 0.0513 e. The number of aliphatic hydroxyl groups excluding tert-OH is 2. The predicted octanol–water partition coefficient (Wildman–Crippen LogP) is 0.690. The number of hydrogen-bond acceptors (Lipinski definition) is 3. The van der Waals surface area contributed by atoms with Gasteiger partial charge < -0.3 is 16.4 Å². The summed E-state index contributed by atoms with van der Waals surface area (Å²) < 4.78 is 0. The van der Waals surface area contributed by atoms with Crippen molar-refractivity contribution in [2.24, 2.45) is 0 Å². The van der Waals surface area contributed by atoms with E-state index in [-0.39, 0.29) is 18.4 Å². The van der Waals surface area contributed by atoms with Crippen LogP contribution < -0.4 is 6.15 Å². The van der Waals surface area contributed by atoms with E-state index in [1.54, 1.807) is 13.8 Å². The minimum Gasteiger partial charge on any atom is -0.393 e. The molecule has 0 bridgehead atoms. The van der Waals surface area contributed by atoms with Crippen molar-refractivity contribution < 1.29 is 10.2 Å². The van der Waals surface area contributed by atoms with E-state index in [9.17, 15) is 0 Å². The molecule has 2 atom stereocenters. The van der Waals surface area contributed by atoms with Gasteiger partial charge in [-0.15, -0.1) is 0 Å². The molecule has 58 valence electrons. The molecule has 0 saturated carbocycles. The topological polar surface area (TPSA) is 75.5 Å². The van der Waals surface area contributed by atoms with Gasteiger partial charge in [0.25, 0.3) is 0 Å². The van der Waals surface area contributed by atoms with Crippen LogP contribution in [0.15, 0.2) is 0 Å². The predicted molar refractivity (Wildman–Crippen MR) is 37.6 cm³/mol. The van der Waals surface area contributed by atoms with Gasteiger partial charge in [-0.25, -0.2) is 0 Å². The van der Waals surface area contributed by atoms with Gasteiger partial charge in [0.05, 0.1) is 12.2 Å². The van der Waals surface area contributed by atoms with E-state index in [4.69, 9.17) is 10.2 Å². The molecule has 0 aromatic rings. The van der Waals surface area contributed by atoms with Crippen LogP contribution in [0.1, 0.15) is 26.7 Å². The molecule has 0 saturated heterocycles. The van der Waals surface area contributed by atoms with Crippen molar-refractivity contribution in [1.29, 1.82) is 0 Å². The Morgan fingerprint density at radius 1 is 1.00 bits per heavy atom. The summed E-state index contributed by atoms with van der Waals surface area (Å²) in [4.78, 5) is 0. The molecule has 9 heavy (non-hydrogen) atoms. The van der Waals surface area contributed by atoms with Gasteiger partial charge in [-0.1, -0.05) is 0 Å². The zero-order valence-electron chi connectivity index (χ0n) is 6.17. The van der Waals surface area contributed by atoms with Crippen LogP contribution >= 0.6 is 0 Å². The Balaban J connectivity index is 0. The largest absolute Gasteiger partial charge is 0.393 e. The first-order valence-corrected chi connectivity index (χ1v) is 2.99. The molecule has 0 heterocycles. The second kappa shape index (κ2) is 6.01. The Hall–Kier alpha value is -0.120. The van der Waals surface area contributed by atoms with Crippen molar-refractivity contribution in [3.63, 3.8) is 0 Å². The van der Waals surface area contributed by atoms with Gasteiger partial charge in [0, 0.05) is 0 Å². The van der Waals surface area contributed by atoms with Gasteiger partial charge in [-0.05, 0) is 26.7 Å². The van der Waals surface area contributed by atoms with Crippen LogP contribution in [-0.4, -0.2) is 22.4 Å². The average molecular weight is 135 g/mol. The molecule has 0 radical (unpaired) electrons. The van der Waals surface area contributed by atoms with Crippen molar-refractivity contribution >= 4 is 0 Å². The fourth-order valence-corrected chi connectivity index (χ4v) is 0.482. The van der Waals surface area contributed by atoms with Gasteiger partial charge in [0.2, 0.25) is 0 Å². The van der Waals surface area contributed by atoms with Crippen LogP contribution in [0, 0.1) is 0 Å². The third-order valence-electron chi connectivity index (χ3n) is 1.00. The molecule has 0 spiro atoms. The second-order valence-electron chi connectivity index (χ2n) is 2.28. The molecule has 0 aliphatic rings. The number of aliphatic hydroxyl groups is 2. The van der Waals surface area contributed by atoms with E-state index < -0.39 is 0 Å². The second-order valence-corrected chi connectivity index (χ2v) is 2.28. The monoisotopic (exact) mass is 135 g/mol. The maximum absolute atomic E-state index is 8.69. The van der Waals surface area contributed by atoms with Crippen LogP contribution in [-0.2, 0) is 0 Å². The maximum Gasteiger partial charge on any atom is 0.0513 e. The van der Waals surface area contributed by atoms with E-state index in [2.05, 4.69) is 0 Å². The molecule has 0 aliphatic heterocycles. The lowest BCUT2D eigenvalue weighted by Crippen LogP contribution is -2.06. The first kappa shape index (κ1) is 11.6. The summed E-state index contributed by atoms with van der Waals surface area (Å²) in [7, 11) is 0. The molecular weight excluding hydrogens is 118 g/mol. The van der Waals surface area contributed by atoms with Crippen LogP contribution in [0.5, 0.6) is 0 Å². The molecule has 0 aromatic carbocycles. The van der Waals surface area contributed by atoms with Crippen molar-refractivity contribution in [3.8, 4) is 0 Å². The molecule has 0 aromatic heterocycles. The highest BCUT2D eigenvalue weighted by Gasteiger charge is 1.98. The summed E-state index contributed by atoms with van der Waals surface area (Å²) in [6.45, 7) is 3.45. The Morgan fingerprint density at radius 3 is 1.33 bits per heavy atom. The summed E-state index contributed by atoms with van der Waals surface area (Å²) in [6, 6.07) is 0. The molecule has 3 nitrogen and oxygen atoms in total. The minimum absolute atomic E-state index is 0. The van der Waals surface area contributed by atoms with Crippen LogP contribution in [0.4, 0.5) is 0 Å². The summed E-state index contributed by atoms with van der Waals surface area (Å²) in [6.07, 6.45) is 0.837. The number of hydrogen-bond donors (Lipinski definition) is 3. The van der Waals surface area contributed by atoms with Crippen LogP contribution in [0.25, 0.3) is 0 Å². The van der Waals surface area contributed by atoms with Crippen LogP contribution in [0.2, 0.25) is 0 Å². The molecule has 0 rings (SSSR count). The molecule has 5 N–H and O–H groups in total. The van der Waals surface area contributed by atoms with Gasteiger partial charge in [0.15, 0.2) is 0 Å². The summed E-state index contributed by atoms with van der Waals surface area (Å²) in [5.41, 5.74) is 0. The highest BCUT2D eigenvalue weighted by Crippen LogP contribution is 1.98. The summed E-state index contributed by atoms with van der Waals surface area (Å²) in [5, 5.41) is 17.4. The molecule has 0 amide bonds. The molecule has 2 unspecified atom stereocenters.